The maximum atomic E-state index is 13.0. The lowest BCUT2D eigenvalue weighted by Crippen LogP contribution is -2.12. The number of thiophene rings is 1. The quantitative estimate of drug-likeness (QED) is 0.746. The van der Waals surface area contributed by atoms with E-state index >= 15 is 0 Å². The number of nitrogens with zero attached hydrogens (tertiary/aromatic N) is 5. The van der Waals surface area contributed by atoms with E-state index in [1.54, 1.807) is 6.07 Å². The van der Waals surface area contributed by atoms with Crippen molar-refractivity contribution in [3.05, 3.63) is 32.0 Å². The van der Waals surface area contributed by atoms with Gasteiger partial charge in [-0.1, -0.05) is 11.3 Å². The fourth-order valence-electron chi connectivity index (χ4n) is 1.91. The molecule has 3 heterocycles. The summed E-state index contributed by atoms with van der Waals surface area (Å²) >= 11 is 2.56. The molecule has 25 heavy (non-hydrogen) atoms. The molecule has 0 radical (unpaired) electrons. The number of hydrogen-bond donors (Lipinski definition) is 1. The number of rotatable bonds is 4. The van der Waals surface area contributed by atoms with Gasteiger partial charge in [0.15, 0.2) is 10.0 Å². The zero-order valence-corrected chi connectivity index (χ0v) is 15.0. The first-order chi connectivity index (χ1) is 11.6. The molecule has 0 unspecified atom stereocenters. The van der Waals surface area contributed by atoms with Crippen molar-refractivity contribution in [2.75, 3.05) is 0 Å². The van der Waals surface area contributed by atoms with Gasteiger partial charge >= 0.3 is 12.1 Å². The number of hydrogen-bond acceptors (Lipinski definition) is 9. The molecule has 0 aromatic carbocycles. The molecule has 13 heteroatoms. The molecule has 1 N–H and O–H groups in total. The van der Waals surface area contributed by atoms with Gasteiger partial charge in [0.05, 0.1) is 4.88 Å². The summed E-state index contributed by atoms with van der Waals surface area (Å²) < 4.78 is 38.9. The van der Waals surface area contributed by atoms with E-state index in [2.05, 4.69) is 25.7 Å². The van der Waals surface area contributed by atoms with E-state index in [1.165, 1.54) is 11.3 Å². The van der Waals surface area contributed by atoms with Gasteiger partial charge in [0.25, 0.3) is 4.99 Å². The first-order valence-corrected chi connectivity index (χ1v) is 8.99. The van der Waals surface area contributed by atoms with Gasteiger partial charge < -0.3 is 5.11 Å². The van der Waals surface area contributed by atoms with E-state index in [9.17, 15) is 18.0 Å². The van der Waals surface area contributed by atoms with Gasteiger partial charge in [0.2, 0.25) is 0 Å². The van der Waals surface area contributed by atoms with Gasteiger partial charge in [-0.25, -0.2) is 9.78 Å². The van der Waals surface area contributed by atoms with Crippen LogP contribution in [0.2, 0.25) is 0 Å². The molecule has 0 saturated heterocycles. The van der Waals surface area contributed by atoms with Crippen molar-refractivity contribution < 1.29 is 23.1 Å². The number of thioether (sulfide) groups is 1. The fraction of sp³-hybridized carbons (Fsp3) is 0.333. The second-order valence-electron chi connectivity index (χ2n) is 4.90. The molecule has 0 saturated carbocycles. The van der Waals surface area contributed by atoms with Gasteiger partial charge in [-0.2, -0.15) is 13.2 Å². The minimum atomic E-state index is -4.87. The molecule has 0 aliphatic carbocycles. The smallest absolute Gasteiger partial charge is 0.435 e. The van der Waals surface area contributed by atoms with Crippen LogP contribution < -0.4 is 0 Å². The lowest BCUT2D eigenvalue weighted by atomic mass is 10.2. The highest BCUT2D eigenvalue weighted by Gasteiger charge is 2.44. The Morgan fingerprint density at radius 2 is 1.88 bits per heavy atom. The molecule has 0 fully saturated rings. The summed E-state index contributed by atoms with van der Waals surface area (Å²) in [6.45, 7) is 3.77. The highest BCUT2D eigenvalue weighted by molar-refractivity contribution is 8.02. The maximum Gasteiger partial charge on any atom is 0.435 e. The normalized spacial score (nSPS) is 15.9. The number of carbonyl (C=O) groups is 1. The van der Waals surface area contributed by atoms with Crippen molar-refractivity contribution in [2.45, 2.75) is 29.4 Å². The Hall–Kier alpha value is -1.86. The van der Waals surface area contributed by atoms with E-state index in [-0.39, 0.29) is 4.34 Å². The molecule has 7 nitrogen and oxygen atoms in total. The van der Waals surface area contributed by atoms with Crippen molar-refractivity contribution in [1.29, 1.82) is 0 Å². The van der Waals surface area contributed by atoms with Crippen molar-refractivity contribution in [3.63, 3.8) is 0 Å². The zero-order chi connectivity index (χ0) is 18.4. The van der Waals surface area contributed by atoms with Crippen LogP contribution in [0.5, 0.6) is 0 Å². The average molecular weight is 407 g/mol. The lowest BCUT2D eigenvalue weighted by molar-refractivity contribution is -0.141. The number of aromatic carboxylic acids is 1. The highest BCUT2D eigenvalue weighted by atomic mass is 32.2. The van der Waals surface area contributed by atoms with Crippen LogP contribution in [0.25, 0.3) is 0 Å². The first kappa shape index (κ1) is 17.9. The lowest BCUT2D eigenvalue weighted by Gasteiger charge is -2.15. The van der Waals surface area contributed by atoms with Crippen LogP contribution in [0, 0.1) is 13.8 Å². The summed E-state index contributed by atoms with van der Waals surface area (Å²) in [5.74, 6) is -1.69. The van der Waals surface area contributed by atoms with E-state index in [4.69, 9.17) is 5.11 Å². The minimum Gasteiger partial charge on any atom is -0.477 e. The standard InChI is InChI=1S/C12H8F3N5O2S3/c1-4-3-6(23-5(4)2)12(17-19-20-18-12)25-10-16-8(11(13,14)15)7(24-10)9(21)22/h3H,1-2H3,(H,21,22). The fourth-order valence-corrected chi connectivity index (χ4v) is 5.27. The number of aromatic nitrogens is 1. The predicted molar refractivity (Wildman–Crippen MR) is 85.1 cm³/mol. The third kappa shape index (κ3) is 3.30. The second kappa shape index (κ2) is 6.14. The number of thiazole rings is 1. The largest absolute Gasteiger partial charge is 0.477 e. The predicted octanol–water partition coefficient (Wildman–Crippen LogP) is 5.27. The molecule has 1 aliphatic heterocycles. The Kier molecular flexibility index (Phi) is 4.41. The van der Waals surface area contributed by atoms with Crippen LogP contribution >= 0.6 is 34.4 Å². The second-order valence-corrected chi connectivity index (χ2v) is 8.57. The van der Waals surface area contributed by atoms with E-state index in [1.807, 2.05) is 13.8 Å². The van der Waals surface area contributed by atoms with E-state index < -0.39 is 27.7 Å². The van der Waals surface area contributed by atoms with Crippen LogP contribution in [-0.2, 0) is 11.2 Å². The van der Waals surface area contributed by atoms with Crippen LogP contribution in [0.3, 0.4) is 0 Å². The third-order valence-corrected chi connectivity index (χ3v) is 6.84. The molecular weight excluding hydrogens is 399 g/mol. The summed E-state index contributed by atoms with van der Waals surface area (Å²) in [5, 5.41) is 23.8. The molecule has 3 rings (SSSR count). The first-order valence-electron chi connectivity index (χ1n) is 6.54. The molecule has 132 valence electrons. The zero-order valence-electron chi connectivity index (χ0n) is 12.5. The number of halogens is 3. The number of alkyl halides is 3. The third-order valence-electron chi connectivity index (χ3n) is 3.19. The van der Waals surface area contributed by atoms with Crippen molar-refractivity contribution in [2.24, 2.45) is 20.7 Å². The van der Waals surface area contributed by atoms with Crippen molar-refractivity contribution in [3.8, 4) is 0 Å². The summed E-state index contributed by atoms with van der Waals surface area (Å²) in [5.41, 5.74) is -0.466. The Morgan fingerprint density at radius 1 is 1.24 bits per heavy atom. The number of carboxylic acid groups (broad SMARTS) is 1. The molecular formula is C12H8F3N5O2S3. The summed E-state index contributed by atoms with van der Waals surface area (Å²) in [7, 11) is 0. The van der Waals surface area contributed by atoms with Crippen LogP contribution in [0.15, 0.2) is 31.1 Å². The molecule has 0 bridgehead atoms. The summed E-state index contributed by atoms with van der Waals surface area (Å²) in [6, 6.07) is 1.80. The monoisotopic (exact) mass is 407 g/mol. The van der Waals surface area contributed by atoms with Gasteiger partial charge in [0, 0.05) is 4.88 Å². The van der Waals surface area contributed by atoms with Crippen LogP contribution in [0.1, 0.15) is 30.7 Å². The molecule has 1 aliphatic rings. The van der Waals surface area contributed by atoms with E-state index in [0.717, 1.165) is 22.2 Å². The molecule has 0 amide bonds. The molecule has 0 spiro atoms. The molecule has 2 aromatic heterocycles. The van der Waals surface area contributed by atoms with Crippen molar-refractivity contribution >= 4 is 40.4 Å². The molecule has 2 aromatic rings. The molecule has 0 atom stereocenters. The van der Waals surface area contributed by atoms with Gasteiger partial charge in [-0.3, -0.25) is 0 Å². The van der Waals surface area contributed by atoms with Crippen LogP contribution in [0.4, 0.5) is 13.2 Å². The average Bonchev–Trinajstić information content (AvgIpc) is 3.20. The van der Waals surface area contributed by atoms with Crippen LogP contribution in [-0.4, -0.2) is 16.1 Å². The minimum absolute atomic E-state index is 0.131. The van der Waals surface area contributed by atoms with Gasteiger partial charge in [0.1, 0.15) is 4.88 Å². The van der Waals surface area contributed by atoms with Gasteiger partial charge in [-0.05, 0) is 47.7 Å². The Labute approximate surface area is 150 Å². The Balaban J connectivity index is 2.04. The van der Waals surface area contributed by atoms with E-state index in [0.29, 0.717) is 16.2 Å². The SMILES string of the molecule is Cc1cc(C2(Sc3nc(C(F)(F)F)c(C(=O)O)s3)N=NN=N2)sc1C. The Bertz CT molecular complexity index is 871. The number of aryl methyl sites for hydroxylation is 2. The Morgan fingerprint density at radius 3 is 2.32 bits per heavy atom. The number of carboxylic acids is 1. The summed E-state index contributed by atoms with van der Waals surface area (Å²) in [6.07, 6.45) is -4.87. The van der Waals surface area contributed by atoms with Crippen molar-refractivity contribution in [1.82, 2.24) is 4.98 Å². The highest BCUT2D eigenvalue weighted by Crippen LogP contribution is 2.51. The maximum absolute atomic E-state index is 13.0. The van der Waals surface area contributed by atoms with Gasteiger partial charge in [-0.15, -0.1) is 21.6 Å². The summed E-state index contributed by atoms with van der Waals surface area (Å²) in [4.78, 5) is 13.9. The topological polar surface area (TPSA) is 99.6 Å².